The van der Waals surface area contributed by atoms with Gasteiger partial charge < -0.3 is 4.74 Å². The van der Waals surface area contributed by atoms with Gasteiger partial charge in [0.2, 0.25) is 10.0 Å². The van der Waals surface area contributed by atoms with Gasteiger partial charge in [-0.05, 0) is 56.7 Å². The normalized spacial score (nSPS) is 18.9. The summed E-state index contributed by atoms with van der Waals surface area (Å²) in [7, 11) is -3.68. The molecule has 0 radical (unpaired) electrons. The molecule has 1 atom stereocenters. The molecule has 5 nitrogen and oxygen atoms in total. The van der Waals surface area contributed by atoms with Gasteiger partial charge in [-0.1, -0.05) is 31.9 Å². The molecule has 1 heterocycles. The molecular formula is C19H29NO4S. The van der Waals surface area contributed by atoms with E-state index < -0.39 is 22.0 Å². The van der Waals surface area contributed by atoms with Crippen molar-refractivity contribution in [2.24, 2.45) is 0 Å². The molecule has 0 N–H and O–H groups in total. The highest BCUT2D eigenvalue weighted by Gasteiger charge is 2.38. The molecule has 1 aliphatic heterocycles. The molecule has 0 saturated carbocycles. The molecule has 0 spiro atoms. The Morgan fingerprint density at radius 2 is 1.88 bits per heavy atom. The lowest BCUT2D eigenvalue weighted by Crippen LogP contribution is -2.48. The second-order valence-electron chi connectivity index (χ2n) is 6.48. The number of rotatable bonds is 8. The minimum Gasteiger partial charge on any atom is -0.465 e. The van der Waals surface area contributed by atoms with Gasteiger partial charge in [0.15, 0.2) is 0 Å². The maximum atomic E-state index is 13.0. The maximum absolute atomic E-state index is 13.0. The van der Waals surface area contributed by atoms with Crippen LogP contribution in [0.3, 0.4) is 0 Å². The third kappa shape index (κ3) is 5.05. The van der Waals surface area contributed by atoms with E-state index >= 15 is 0 Å². The van der Waals surface area contributed by atoms with Gasteiger partial charge in [0.25, 0.3) is 0 Å². The van der Waals surface area contributed by atoms with Crippen molar-refractivity contribution in [3.05, 3.63) is 29.8 Å². The quantitative estimate of drug-likeness (QED) is 0.521. The van der Waals surface area contributed by atoms with Gasteiger partial charge in [0, 0.05) is 6.54 Å². The van der Waals surface area contributed by atoms with E-state index in [2.05, 4.69) is 6.92 Å². The molecule has 25 heavy (non-hydrogen) atoms. The van der Waals surface area contributed by atoms with Crippen LogP contribution >= 0.6 is 0 Å². The summed E-state index contributed by atoms with van der Waals surface area (Å²) in [6, 6.07) is 6.38. The Labute approximate surface area is 151 Å². The number of hydrogen-bond acceptors (Lipinski definition) is 4. The number of benzene rings is 1. The van der Waals surface area contributed by atoms with Crippen molar-refractivity contribution in [2.75, 3.05) is 13.2 Å². The molecule has 140 valence electrons. The van der Waals surface area contributed by atoms with Gasteiger partial charge in [-0.25, -0.2) is 8.42 Å². The minimum absolute atomic E-state index is 0.253. The lowest BCUT2D eigenvalue weighted by molar-refractivity contribution is -0.148. The van der Waals surface area contributed by atoms with Crippen molar-refractivity contribution in [1.82, 2.24) is 4.31 Å². The van der Waals surface area contributed by atoms with Crippen LogP contribution in [0, 0.1) is 0 Å². The highest BCUT2D eigenvalue weighted by molar-refractivity contribution is 7.89. The first-order valence-corrected chi connectivity index (χ1v) is 10.7. The lowest BCUT2D eigenvalue weighted by Gasteiger charge is -2.32. The van der Waals surface area contributed by atoms with E-state index in [4.69, 9.17) is 4.74 Å². The van der Waals surface area contributed by atoms with Crippen LogP contribution in [0.5, 0.6) is 0 Å². The Balaban J connectivity index is 2.16. The molecule has 0 aromatic heterocycles. The van der Waals surface area contributed by atoms with E-state index in [0.29, 0.717) is 13.0 Å². The number of carbonyl (C=O) groups is 1. The summed E-state index contributed by atoms with van der Waals surface area (Å²) < 4.78 is 32.4. The fourth-order valence-electron chi connectivity index (χ4n) is 3.21. The molecule has 1 fully saturated rings. The van der Waals surface area contributed by atoms with E-state index in [1.165, 1.54) is 10.7 Å². The second-order valence-corrected chi connectivity index (χ2v) is 8.37. The zero-order valence-electron chi connectivity index (χ0n) is 15.2. The van der Waals surface area contributed by atoms with E-state index in [-0.39, 0.29) is 11.5 Å². The number of sulfonamides is 1. The summed E-state index contributed by atoms with van der Waals surface area (Å²) >= 11 is 0. The number of piperidine rings is 1. The van der Waals surface area contributed by atoms with Crippen LogP contribution < -0.4 is 0 Å². The highest BCUT2D eigenvalue weighted by Crippen LogP contribution is 2.26. The number of aryl methyl sites for hydroxylation is 1. The second kappa shape index (κ2) is 9.34. The van der Waals surface area contributed by atoms with Crippen LogP contribution in [0.4, 0.5) is 0 Å². The van der Waals surface area contributed by atoms with Gasteiger partial charge in [0.05, 0.1) is 11.5 Å². The number of carbonyl (C=O) groups excluding carboxylic acids is 1. The third-order valence-electron chi connectivity index (χ3n) is 4.61. The Hall–Kier alpha value is -1.40. The largest absolute Gasteiger partial charge is 0.465 e. The molecule has 6 heteroatoms. The van der Waals surface area contributed by atoms with Crippen molar-refractivity contribution in [2.45, 2.75) is 69.7 Å². The van der Waals surface area contributed by atoms with Crippen LogP contribution in [0.25, 0.3) is 0 Å². The molecule has 0 bridgehead atoms. The number of unbranched alkanes of at least 4 members (excludes halogenated alkanes) is 2. The van der Waals surface area contributed by atoms with Crippen LogP contribution in [0.15, 0.2) is 29.2 Å². The minimum atomic E-state index is -3.68. The Morgan fingerprint density at radius 3 is 2.52 bits per heavy atom. The van der Waals surface area contributed by atoms with Crippen molar-refractivity contribution < 1.29 is 17.9 Å². The molecule has 2 rings (SSSR count). The lowest BCUT2D eigenvalue weighted by atomic mass is 10.1. The van der Waals surface area contributed by atoms with E-state index in [1.54, 1.807) is 19.1 Å². The maximum Gasteiger partial charge on any atom is 0.324 e. The highest BCUT2D eigenvalue weighted by atomic mass is 32.2. The smallest absolute Gasteiger partial charge is 0.324 e. The predicted molar refractivity (Wildman–Crippen MR) is 97.8 cm³/mol. The Bertz CT molecular complexity index is 655. The summed E-state index contributed by atoms with van der Waals surface area (Å²) in [5, 5.41) is 0. The first-order chi connectivity index (χ1) is 12.0. The van der Waals surface area contributed by atoms with Crippen LogP contribution in [0.2, 0.25) is 0 Å². The van der Waals surface area contributed by atoms with E-state index in [1.807, 2.05) is 12.1 Å². The predicted octanol–water partition coefficient (Wildman–Crippen LogP) is 3.53. The number of hydrogen-bond donors (Lipinski definition) is 0. The van der Waals surface area contributed by atoms with E-state index in [0.717, 1.165) is 37.7 Å². The summed E-state index contributed by atoms with van der Waals surface area (Å²) in [6.45, 7) is 4.52. The molecule has 1 aromatic carbocycles. The van der Waals surface area contributed by atoms with Crippen LogP contribution in [-0.2, 0) is 26.0 Å². The zero-order valence-corrected chi connectivity index (χ0v) is 16.1. The average Bonchev–Trinajstić information content (AvgIpc) is 2.62. The molecule has 0 amide bonds. The molecule has 1 unspecified atom stereocenters. The monoisotopic (exact) mass is 367 g/mol. The molecule has 1 aromatic rings. The number of ether oxygens (including phenoxy) is 1. The van der Waals surface area contributed by atoms with Crippen LogP contribution in [0.1, 0.15) is 57.9 Å². The van der Waals surface area contributed by atoms with Crippen LogP contribution in [-0.4, -0.2) is 37.9 Å². The average molecular weight is 368 g/mol. The molecule has 1 aliphatic rings. The summed E-state index contributed by atoms with van der Waals surface area (Å²) in [5.41, 5.74) is 1.15. The van der Waals surface area contributed by atoms with Crippen molar-refractivity contribution in [1.29, 1.82) is 0 Å². The van der Waals surface area contributed by atoms with Crippen molar-refractivity contribution in [3.8, 4) is 0 Å². The van der Waals surface area contributed by atoms with Gasteiger partial charge in [0.1, 0.15) is 6.04 Å². The number of esters is 1. The molecular weight excluding hydrogens is 338 g/mol. The topological polar surface area (TPSA) is 63.7 Å². The van der Waals surface area contributed by atoms with Gasteiger partial charge >= 0.3 is 5.97 Å². The standard InChI is InChI=1S/C19H29NO4S/c1-3-5-6-9-16-11-13-17(14-12-16)25(22,23)20-15-8-7-10-18(20)19(21)24-4-2/h11-14,18H,3-10,15H2,1-2H3. The zero-order chi connectivity index (χ0) is 18.3. The number of nitrogens with zero attached hydrogens (tertiary/aromatic N) is 1. The fourth-order valence-corrected chi connectivity index (χ4v) is 4.86. The van der Waals surface area contributed by atoms with Crippen molar-refractivity contribution >= 4 is 16.0 Å². The Kier molecular flexibility index (Phi) is 7.44. The molecule has 1 saturated heterocycles. The fraction of sp³-hybridized carbons (Fsp3) is 0.632. The summed E-state index contributed by atoms with van der Waals surface area (Å²) in [4.78, 5) is 12.4. The SMILES string of the molecule is CCCCCc1ccc(S(=O)(=O)N2CCCCC2C(=O)OCC)cc1. The first-order valence-electron chi connectivity index (χ1n) is 9.28. The van der Waals surface area contributed by atoms with Gasteiger partial charge in [-0.15, -0.1) is 0 Å². The van der Waals surface area contributed by atoms with Gasteiger partial charge in [-0.2, -0.15) is 4.31 Å². The van der Waals surface area contributed by atoms with E-state index in [9.17, 15) is 13.2 Å². The third-order valence-corrected chi connectivity index (χ3v) is 6.53. The summed E-state index contributed by atoms with van der Waals surface area (Å²) in [6.07, 6.45) is 6.54. The van der Waals surface area contributed by atoms with Gasteiger partial charge in [-0.3, -0.25) is 4.79 Å². The Morgan fingerprint density at radius 1 is 1.16 bits per heavy atom. The molecule has 0 aliphatic carbocycles. The first kappa shape index (κ1) is 19.9. The summed E-state index contributed by atoms with van der Waals surface area (Å²) in [5.74, 6) is -0.443. The van der Waals surface area contributed by atoms with Crippen molar-refractivity contribution in [3.63, 3.8) is 0 Å².